The maximum atomic E-state index is 12.5. The Morgan fingerprint density at radius 1 is 1.06 bits per heavy atom. The topological polar surface area (TPSA) is 65.8 Å². The highest BCUT2D eigenvalue weighted by atomic mass is 35.5. The second-order valence-corrected chi connectivity index (χ2v) is 9.79. The number of fused-ring (bicyclic) bond motifs is 1. The van der Waals surface area contributed by atoms with Crippen LogP contribution in [-0.4, -0.2) is 57.7 Å². The average molecular weight is 493 g/mol. The quantitative estimate of drug-likeness (QED) is 0.462. The number of aromatic nitrogens is 3. The molecule has 2 aliphatic rings. The molecule has 0 aliphatic carbocycles. The van der Waals surface area contributed by atoms with Crippen molar-refractivity contribution in [2.24, 2.45) is 0 Å². The van der Waals surface area contributed by atoms with Crippen LogP contribution >= 0.6 is 23.2 Å². The lowest BCUT2D eigenvalue weighted by Gasteiger charge is -2.50. The van der Waals surface area contributed by atoms with Gasteiger partial charge in [0.05, 0.1) is 17.3 Å². The Kier molecular flexibility index (Phi) is 4.85. The first-order valence-corrected chi connectivity index (χ1v) is 11.8. The van der Waals surface area contributed by atoms with Gasteiger partial charge in [0.2, 0.25) is 5.91 Å². The van der Waals surface area contributed by atoms with E-state index in [9.17, 15) is 4.79 Å². The normalized spacial score (nSPS) is 17.4. The summed E-state index contributed by atoms with van der Waals surface area (Å²) in [5, 5.41) is 9.25. The number of hydrogen-bond acceptors (Lipinski definition) is 5. The summed E-state index contributed by atoms with van der Waals surface area (Å²) >= 11 is 12.8. The zero-order valence-corrected chi connectivity index (χ0v) is 20.2. The summed E-state index contributed by atoms with van der Waals surface area (Å²) in [5.41, 5.74) is 4.53. The van der Waals surface area contributed by atoms with Gasteiger partial charge in [-0.2, -0.15) is 9.61 Å². The first kappa shape index (κ1) is 21.4. The van der Waals surface area contributed by atoms with Gasteiger partial charge in [0.1, 0.15) is 17.1 Å². The van der Waals surface area contributed by atoms with Crippen molar-refractivity contribution < 1.29 is 4.79 Å². The Morgan fingerprint density at radius 2 is 1.79 bits per heavy atom. The third kappa shape index (κ3) is 3.11. The number of amides is 1. The Bertz CT molecular complexity index is 1440. The number of nitrogens with zero attached hydrogens (tertiary/aromatic N) is 5. The number of aryl methyl sites for hydroxylation is 1. The Morgan fingerprint density at radius 3 is 2.47 bits per heavy atom. The summed E-state index contributed by atoms with van der Waals surface area (Å²) in [6.45, 7) is 3.72. The van der Waals surface area contributed by atoms with Crippen LogP contribution in [0.3, 0.4) is 0 Å². The number of carbonyl (C=O) groups excluding carboxylic acids is 1. The van der Waals surface area contributed by atoms with E-state index in [1.54, 1.807) is 0 Å². The molecule has 2 fully saturated rings. The van der Waals surface area contributed by atoms with Crippen molar-refractivity contribution >= 4 is 40.6 Å². The smallest absolute Gasteiger partial charge is 0.245 e. The Balaban J connectivity index is 1.55. The van der Waals surface area contributed by atoms with Crippen LogP contribution in [0.25, 0.3) is 28.0 Å². The van der Waals surface area contributed by atoms with E-state index < -0.39 is 5.54 Å². The van der Waals surface area contributed by atoms with E-state index in [1.807, 2.05) is 73.1 Å². The van der Waals surface area contributed by atoms with E-state index in [0.717, 1.165) is 39.5 Å². The first-order chi connectivity index (χ1) is 16.4. The van der Waals surface area contributed by atoms with Crippen molar-refractivity contribution in [1.82, 2.24) is 24.8 Å². The Hall–Kier alpha value is -3.13. The third-order valence-corrected chi connectivity index (χ3v) is 7.40. The van der Waals surface area contributed by atoms with Crippen LogP contribution in [0, 0.1) is 6.92 Å². The fourth-order valence-electron chi connectivity index (χ4n) is 4.88. The van der Waals surface area contributed by atoms with Crippen molar-refractivity contribution in [3.63, 3.8) is 0 Å². The van der Waals surface area contributed by atoms with E-state index in [-0.39, 0.29) is 5.91 Å². The fourth-order valence-corrected chi connectivity index (χ4v) is 5.23. The zero-order valence-electron chi connectivity index (χ0n) is 18.7. The van der Waals surface area contributed by atoms with Crippen molar-refractivity contribution in [1.29, 1.82) is 0 Å². The molecule has 4 heterocycles. The molecule has 0 bridgehead atoms. The van der Waals surface area contributed by atoms with Crippen LogP contribution < -0.4 is 10.2 Å². The van der Waals surface area contributed by atoms with Gasteiger partial charge in [0, 0.05) is 35.4 Å². The molecule has 0 unspecified atom stereocenters. The van der Waals surface area contributed by atoms with Crippen LogP contribution in [0.4, 0.5) is 5.82 Å². The molecule has 0 saturated carbocycles. The van der Waals surface area contributed by atoms with E-state index in [1.165, 1.54) is 0 Å². The van der Waals surface area contributed by atoms with Gasteiger partial charge in [0.25, 0.3) is 0 Å². The SMILES string of the molecule is Cc1cc(N2CC3(C2)C(=O)NCN3C)n2nc(-c3ccccc3Cl)c(-c3ccc(Cl)cc3)c2n1. The van der Waals surface area contributed by atoms with Crippen molar-refractivity contribution in [2.45, 2.75) is 12.5 Å². The van der Waals surface area contributed by atoms with Gasteiger partial charge in [0.15, 0.2) is 5.65 Å². The van der Waals surface area contributed by atoms with Crippen molar-refractivity contribution in [3.05, 3.63) is 70.3 Å². The second kappa shape index (κ2) is 7.70. The molecule has 2 saturated heterocycles. The summed E-state index contributed by atoms with van der Waals surface area (Å²) in [5.74, 6) is 0.974. The maximum Gasteiger partial charge on any atom is 0.245 e. The summed E-state index contributed by atoms with van der Waals surface area (Å²) in [6.07, 6.45) is 0. The van der Waals surface area contributed by atoms with Gasteiger partial charge in [-0.3, -0.25) is 9.69 Å². The summed E-state index contributed by atoms with van der Waals surface area (Å²) in [7, 11) is 1.98. The molecular formula is C25H22Cl2N6O. The molecule has 9 heteroatoms. The number of hydrogen-bond donors (Lipinski definition) is 1. The van der Waals surface area contributed by atoms with Crippen LogP contribution in [0.15, 0.2) is 54.6 Å². The lowest BCUT2D eigenvalue weighted by atomic mass is 9.88. The molecule has 7 nitrogen and oxygen atoms in total. The molecule has 4 aromatic rings. The summed E-state index contributed by atoms with van der Waals surface area (Å²) in [6, 6.07) is 17.4. The number of halogens is 2. The molecule has 1 spiro atoms. The highest BCUT2D eigenvalue weighted by Gasteiger charge is 2.56. The maximum absolute atomic E-state index is 12.5. The molecule has 0 radical (unpaired) electrons. The second-order valence-electron chi connectivity index (χ2n) is 8.95. The van der Waals surface area contributed by atoms with Crippen LogP contribution in [0.5, 0.6) is 0 Å². The zero-order chi connectivity index (χ0) is 23.6. The molecule has 172 valence electrons. The fraction of sp³-hybridized carbons (Fsp3) is 0.240. The monoisotopic (exact) mass is 492 g/mol. The highest BCUT2D eigenvalue weighted by Crippen LogP contribution is 2.41. The van der Waals surface area contributed by atoms with E-state index in [0.29, 0.717) is 29.8 Å². The summed E-state index contributed by atoms with van der Waals surface area (Å²) < 4.78 is 1.87. The van der Waals surface area contributed by atoms with Gasteiger partial charge >= 0.3 is 0 Å². The molecule has 1 N–H and O–H groups in total. The average Bonchev–Trinajstić information content (AvgIpc) is 3.30. The van der Waals surface area contributed by atoms with Gasteiger partial charge in [-0.25, -0.2) is 4.98 Å². The minimum absolute atomic E-state index is 0.0762. The molecule has 34 heavy (non-hydrogen) atoms. The predicted molar refractivity (Wildman–Crippen MR) is 134 cm³/mol. The standard InChI is InChI=1S/C25H22Cl2N6O/c1-15-11-20(32-12-25(13-32)24(34)28-14-31(25)2)33-23(29-15)21(16-7-9-17(26)10-8-16)22(30-33)18-5-3-4-6-19(18)27/h3-11H,12-14H2,1-2H3,(H,28,34). The molecular weight excluding hydrogens is 471 g/mol. The molecule has 2 aromatic carbocycles. The number of benzene rings is 2. The Labute approximate surface area is 206 Å². The summed E-state index contributed by atoms with van der Waals surface area (Å²) in [4.78, 5) is 21.7. The van der Waals surface area contributed by atoms with E-state index >= 15 is 0 Å². The number of rotatable bonds is 3. The number of carbonyl (C=O) groups is 1. The number of nitrogens with one attached hydrogen (secondary N) is 1. The number of anilines is 1. The molecule has 2 aromatic heterocycles. The van der Waals surface area contributed by atoms with Crippen LogP contribution in [0.2, 0.25) is 10.0 Å². The number of likely N-dealkylation sites (N-methyl/N-ethyl adjacent to an activating group) is 1. The predicted octanol–water partition coefficient (Wildman–Crippen LogP) is 4.26. The molecule has 6 rings (SSSR count). The highest BCUT2D eigenvalue weighted by molar-refractivity contribution is 6.33. The van der Waals surface area contributed by atoms with Gasteiger partial charge < -0.3 is 10.2 Å². The van der Waals surface area contributed by atoms with Crippen LogP contribution in [-0.2, 0) is 4.79 Å². The minimum atomic E-state index is -0.499. The van der Waals surface area contributed by atoms with Gasteiger partial charge in [-0.1, -0.05) is 53.5 Å². The molecule has 1 amide bonds. The van der Waals surface area contributed by atoms with Crippen LogP contribution in [0.1, 0.15) is 5.69 Å². The first-order valence-electron chi connectivity index (χ1n) is 11.0. The minimum Gasteiger partial charge on any atom is -0.351 e. The molecule has 0 atom stereocenters. The lowest BCUT2D eigenvalue weighted by Crippen LogP contribution is -2.71. The van der Waals surface area contributed by atoms with Gasteiger partial charge in [-0.05, 0) is 37.7 Å². The van der Waals surface area contributed by atoms with Crippen molar-refractivity contribution in [3.8, 4) is 22.4 Å². The van der Waals surface area contributed by atoms with E-state index in [4.69, 9.17) is 33.3 Å². The van der Waals surface area contributed by atoms with Gasteiger partial charge in [-0.15, -0.1) is 0 Å². The molecule has 2 aliphatic heterocycles. The van der Waals surface area contributed by atoms with Crippen molar-refractivity contribution in [2.75, 3.05) is 31.7 Å². The van der Waals surface area contributed by atoms with E-state index in [2.05, 4.69) is 15.1 Å². The third-order valence-electron chi connectivity index (χ3n) is 6.82. The lowest BCUT2D eigenvalue weighted by molar-refractivity contribution is -0.127. The largest absolute Gasteiger partial charge is 0.351 e.